The highest BCUT2D eigenvalue weighted by Crippen LogP contribution is 2.30. The summed E-state index contributed by atoms with van der Waals surface area (Å²) in [5.74, 6) is 2.91. The molecule has 66 valence electrons. The van der Waals surface area contributed by atoms with E-state index in [1.54, 1.807) is 0 Å². The summed E-state index contributed by atoms with van der Waals surface area (Å²) in [4.78, 5) is 0. The van der Waals surface area contributed by atoms with Crippen molar-refractivity contribution in [2.24, 2.45) is 5.92 Å². The van der Waals surface area contributed by atoms with Gasteiger partial charge in [-0.15, -0.1) is 0 Å². The molecule has 0 bridgehead atoms. The monoisotopic (exact) mass is 174 g/mol. The number of rotatable bonds is 5. The Hall–Kier alpha value is 0.310. The fourth-order valence-corrected chi connectivity index (χ4v) is 2.08. The first kappa shape index (κ1) is 9.40. The van der Waals surface area contributed by atoms with E-state index in [1.165, 1.54) is 19.3 Å². The first-order valence-corrected chi connectivity index (χ1v) is 5.74. The molecule has 1 atom stereocenters. The third kappa shape index (κ3) is 3.48. The molecule has 1 saturated carbocycles. The van der Waals surface area contributed by atoms with E-state index in [-0.39, 0.29) is 6.10 Å². The predicted molar refractivity (Wildman–Crippen MR) is 51.0 cm³/mol. The summed E-state index contributed by atoms with van der Waals surface area (Å²) in [6, 6.07) is 0. The van der Waals surface area contributed by atoms with E-state index in [4.69, 9.17) is 0 Å². The average Bonchev–Trinajstić information content (AvgIpc) is 1.93. The highest BCUT2D eigenvalue weighted by atomic mass is 32.2. The molecule has 0 saturated heterocycles. The van der Waals surface area contributed by atoms with Gasteiger partial charge >= 0.3 is 0 Å². The highest BCUT2D eigenvalue weighted by molar-refractivity contribution is 7.99. The van der Waals surface area contributed by atoms with Crippen LogP contribution in [0.4, 0.5) is 0 Å². The minimum atomic E-state index is -0.0368. The van der Waals surface area contributed by atoms with Crippen LogP contribution >= 0.6 is 11.8 Å². The maximum atomic E-state index is 9.49. The van der Waals surface area contributed by atoms with Crippen LogP contribution in [0, 0.1) is 5.92 Å². The van der Waals surface area contributed by atoms with Gasteiger partial charge in [0.1, 0.15) is 0 Å². The van der Waals surface area contributed by atoms with Crippen molar-refractivity contribution in [1.29, 1.82) is 0 Å². The van der Waals surface area contributed by atoms with Gasteiger partial charge < -0.3 is 5.11 Å². The Labute approximate surface area is 73.6 Å². The molecule has 1 fully saturated rings. The van der Waals surface area contributed by atoms with Gasteiger partial charge in [0, 0.05) is 5.75 Å². The second kappa shape index (κ2) is 5.04. The van der Waals surface area contributed by atoms with E-state index >= 15 is 0 Å². The molecule has 11 heavy (non-hydrogen) atoms. The van der Waals surface area contributed by atoms with E-state index < -0.39 is 0 Å². The lowest BCUT2D eigenvalue weighted by Crippen LogP contribution is -2.20. The fourth-order valence-electron chi connectivity index (χ4n) is 1.44. The normalized spacial score (nSPS) is 21.3. The molecule has 0 heterocycles. The molecule has 2 heteroatoms. The molecule has 1 aliphatic rings. The van der Waals surface area contributed by atoms with Crippen LogP contribution in [0.15, 0.2) is 0 Å². The van der Waals surface area contributed by atoms with Gasteiger partial charge in [0.2, 0.25) is 0 Å². The maximum Gasteiger partial charge on any atom is 0.0633 e. The van der Waals surface area contributed by atoms with Crippen LogP contribution < -0.4 is 0 Å². The Morgan fingerprint density at radius 2 is 2.27 bits per heavy atom. The minimum absolute atomic E-state index is 0.0368. The summed E-state index contributed by atoms with van der Waals surface area (Å²) in [5, 5.41) is 9.49. The lowest BCUT2D eigenvalue weighted by molar-refractivity contribution is 0.136. The molecule has 0 aliphatic heterocycles. The van der Waals surface area contributed by atoms with E-state index in [1.807, 2.05) is 11.8 Å². The lowest BCUT2D eigenvalue weighted by Gasteiger charge is -2.27. The molecule has 0 amide bonds. The zero-order chi connectivity index (χ0) is 8.10. The summed E-state index contributed by atoms with van der Waals surface area (Å²) in [7, 11) is 0. The molecule has 0 aromatic carbocycles. The Kier molecular flexibility index (Phi) is 4.31. The fraction of sp³-hybridized carbons (Fsp3) is 1.00. The highest BCUT2D eigenvalue weighted by Gasteiger charge is 2.20. The number of aliphatic hydroxyl groups excluding tert-OH is 1. The van der Waals surface area contributed by atoms with Crippen LogP contribution in [0.2, 0.25) is 0 Å². The first-order chi connectivity index (χ1) is 5.33. The predicted octanol–water partition coefficient (Wildman–Crippen LogP) is 2.29. The molecule has 0 radical (unpaired) electrons. The van der Waals surface area contributed by atoms with Crippen LogP contribution in [0.5, 0.6) is 0 Å². The molecule has 1 rings (SSSR count). The largest absolute Gasteiger partial charge is 0.392 e. The van der Waals surface area contributed by atoms with Crippen LogP contribution in [0.1, 0.15) is 32.6 Å². The Morgan fingerprint density at radius 1 is 1.55 bits per heavy atom. The minimum Gasteiger partial charge on any atom is -0.392 e. The third-order valence-electron chi connectivity index (χ3n) is 2.34. The molecule has 0 aromatic rings. The summed E-state index contributed by atoms with van der Waals surface area (Å²) >= 11 is 1.84. The topological polar surface area (TPSA) is 20.2 Å². The summed E-state index contributed by atoms with van der Waals surface area (Å²) in [6.45, 7) is 2.14. The van der Waals surface area contributed by atoms with Crippen LogP contribution in [0.25, 0.3) is 0 Å². The van der Waals surface area contributed by atoms with E-state index in [0.717, 1.165) is 23.8 Å². The molecule has 1 N–H and O–H groups in total. The Bertz CT molecular complexity index is 102. The summed E-state index contributed by atoms with van der Waals surface area (Å²) in [6.07, 6.45) is 5.11. The van der Waals surface area contributed by atoms with Crippen molar-refractivity contribution < 1.29 is 5.11 Å². The zero-order valence-corrected chi connectivity index (χ0v) is 8.07. The van der Waals surface area contributed by atoms with Gasteiger partial charge in [0.15, 0.2) is 0 Å². The quantitative estimate of drug-likeness (QED) is 0.690. The van der Waals surface area contributed by atoms with Gasteiger partial charge in [-0.25, -0.2) is 0 Å². The van der Waals surface area contributed by atoms with E-state index in [9.17, 15) is 5.11 Å². The number of hydrogen-bond donors (Lipinski definition) is 1. The Morgan fingerprint density at radius 3 is 2.73 bits per heavy atom. The van der Waals surface area contributed by atoms with Crippen LogP contribution in [-0.2, 0) is 0 Å². The van der Waals surface area contributed by atoms with Gasteiger partial charge in [-0.2, -0.15) is 11.8 Å². The van der Waals surface area contributed by atoms with Crippen molar-refractivity contribution in [3.8, 4) is 0 Å². The third-order valence-corrected chi connectivity index (χ3v) is 3.37. The second-order valence-electron chi connectivity index (χ2n) is 3.35. The van der Waals surface area contributed by atoms with E-state index in [2.05, 4.69) is 6.92 Å². The average molecular weight is 174 g/mol. The second-order valence-corrected chi connectivity index (χ2v) is 4.66. The molecule has 1 nitrogen and oxygen atoms in total. The van der Waals surface area contributed by atoms with Gasteiger partial charge in [0.25, 0.3) is 0 Å². The zero-order valence-electron chi connectivity index (χ0n) is 7.25. The molecule has 1 aliphatic carbocycles. The molecule has 0 spiro atoms. The van der Waals surface area contributed by atoms with Crippen molar-refractivity contribution in [2.45, 2.75) is 38.7 Å². The van der Waals surface area contributed by atoms with Crippen LogP contribution in [0.3, 0.4) is 0 Å². The van der Waals surface area contributed by atoms with Gasteiger partial charge in [-0.05, 0) is 18.1 Å². The van der Waals surface area contributed by atoms with Gasteiger partial charge in [-0.1, -0.05) is 26.2 Å². The van der Waals surface area contributed by atoms with Crippen molar-refractivity contribution in [3.05, 3.63) is 0 Å². The van der Waals surface area contributed by atoms with Crippen molar-refractivity contribution in [3.63, 3.8) is 0 Å². The number of thioether (sulfide) groups is 1. The lowest BCUT2D eigenvalue weighted by atomic mass is 9.82. The molecular weight excluding hydrogens is 156 g/mol. The first-order valence-electron chi connectivity index (χ1n) is 4.58. The molecule has 1 unspecified atom stereocenters. The maximum absolute atomic E-state index is 9.49. The van der Waals surface area contributed by atoms with Gasteiger partial charge in [0.05, 0.1) is 6.10 Å². The van der Waals surface area contributed by atoms with Gasteiger partial charge in [-0.3, -0.25) is 0 Å². The van der Waals surface area contributed by atoms with Crippen molar-refractivity contribution >= 4 is 11.8 Å². The standard InChI is InChI=1S/C9H18OS/c1-2-11-7-9(10)6-8-4-3-5-8/h8-10H,2-7H2,1H3. The molecular formula is C9H18OS. The van der Waals surface area contributed by atoms with Crippen molar-refractivity contribution in [1.82, 2.24) is 0 Å². The SMILES string of the molecule is CCSCC(O)CC1CCC1. The Balaban J connectivity index is 1.95. The van der Waals surface area contributed by atoms with E-state index in [0.29, 0.717) is 0 Å². The summed E-state index contributed by atoms with van der Waals surface area (Å²) < 4.78 is 0. The summed E-state index contributed by atoms with van der Waals surface area (Å²) in [5.41, 5.74) is 0. The molecule has 0 aromatic heterocycles. The smallest absolute Gasteiger partial charge is 0.0633 e. The number of hydrogen-bond acceptors (Lipinski definition) is 2. The number of aliphatic hydroxyl groups is 1. The van der Waals surface area contributed by atoms with Crippen LogP contribution in [-0.4, -0.2) is 22.7 Å². The van der Waals surface area contributed by atoms with Crippen molar-refractivity contribution in [2.75, 3.05) is 11.5 Å².